The van der Waals surface area contributed by atoms with Crippen LogP contribution in [-0.2, 0) is 27.9 Å². The third kappa shape index (κ3) is 8.88. The molecule has 0 aliphatic carbocycles. The number of aliphatic hydroxyl groups excluding tert-OH is 6. The topological polar surface area (TPSA) is 225 Å². The van der Waals surface area contributed by atoms with Gasteiger partial charge in [-0.25, -0.2) is 4.57 Å². The van der Waals surface area contributed by atoms with Crippen molar-refractivity contribution in [3.8, 4) is 0 Å². The quantitative estimate of drug-likeness (QED) is 0.132. The van der Waals surface area contributed by atoms with Crippen LogP contribution in [0, 0.1) is 0 Å². The van der Waals surface area contributed by atoms with Crippen LogP contribution >= 0.6 is 7.82 Å². The highest BCUT2D eigenvalue weighted by atomic mass is 31.2. The number of phosphoric acid groups is 1. The van der Waals surface area contributed by atoms with Gasteiger partial charge in [0.1, 0.15) is 36.6 Å². The Morgan fingerprint density at radius 1 is 1.10 bits per heavy atom. The minimum Gasteiger partial charge on any atom is -0.394 e. The molecular weight excluding hydrogens is 421 g/mol. The van der Waals surface area contributed by atoms with E-state index in [9.17, 15) is 34.7 Å². The zero-order chi connectivity index (χ0) is 22.2. The number of amides is 1. The zero-order valence-electron chi connectivity index (χ0n) is 15.6. The van der Waals surface area contributed by atoms with E-state index in [-0.39, 0.29) is 0 Å². The molecule has 15 heteroatoms. The minimum atomic E-state index is -4.61. The summed E-state index contributed by atoms with van der Waals surface area (Å²) >= 11 is 0. The summed E-state index contributed by atoms with van der Waals surface area (Å²) in [5, 5.41) is 59.0. The normalized spacial score (nSPS) is 31.7. The van der Waals surface area contributed by atoms with Crippen LogP contribution in [-0.4, -0.2) is 117 Å². The Bertz CT molecular complexity index is 552. The Morgan fingerprint density at radius 3 is 2.21 bits per heavy atom. The number of ether oxygens (including phenoxy) is 2. The van der Waals surface area contributed by atoms with Crippen molar-refractivity contribution in [2.45, 2.75) is 49.8 Å². The highest BCUT2D eigenvalue weighted by Gasteiger charge is 2.45. The Labute approximate surface area is 166 Å². The summed E-state index contributed by atoms with van der Waals surface area (Å²) in [7, 11) is -4.61. The largest absolute Gasteiger partial charge is 0.472 e. The number of hydrogen-bond donors (Lipinski definition) is 8. The van der Waals surface area contributed by atoms with E-state index in [1.54, 1.807) is 0 Å². The molecule has 1 saturated heterocycles. The van der Waals surface area contributed by atoms with E-state index < -0.39 is 89.6 Å². The number of nitrogens with one attached hydrogen (secondary N) is 1. The molecule has 1 fully saturated rings. The van der Waals surface area contributed by atoms with Gasteiger partial charge in [0.15, 0.2) is 6.29 Å². The van der Waals surface area contributed by atoms with Crippen LogP contribution < -0.4 is 5.32 Å². The second-order valence-corrected chi connectivity index (χ2v) is 7.77. The lowest BCUT2D eigenvalue weighted by Crippen LogP contribution is -2.64. The van der Waals surface area contributed by atoms with Crippen LogP contribution in [0.1, 0.15) is 6.92 Å². The summed E-state index contributed by atoms with van der Waals surface area (Å²) in [6.45, 7) is -2.13. The molecular formula is C14H28NO13P. The molecule has 3 unspecified atom stereocenters. The van der Waals surface area contributed by atoms with Crippen molar-refractivity contribution >= 4 is 13.7 Å². The lowest BCUT2D eigenvalue weighted by molar-refractivity contribution is -0.274. The maximum atomic E-state index is 11.6. The molecule has 1 rings (SSSR count). The van der Waals surface area contributed by atoms with Gasteiger partial charge in [-0.3, -0.25) is 13.8 Å². The molecule has 1 heterocycles. The van der Waals surface area contributed by atoms with Crippen molar-refractivity contribution in [3.05, 3.63) is 0 Å². The molecule has 8 atom stereocenters. The number of rotatable bonds is 12. The SMILES string of the molecule is CC(=O)N[C@H]1[C@@H](OCC(O)COP(=O)(O)OCC(O)CO)O[C@H](CO)[C@@H](O)[C@@H]1O. The number of hydrogen-bond acceptors (Lipinski definition) is 12. The van der Waals surface area contributed by atoms with E-state index in [1.165, 1.54) is 0 Å². The first-order valence-electron chi connectivity index (χ1n) is 8.60. The molecule has 1 aliphatic heterocycles. The molecule has 8 N–H and O–H groups in total. The second-order valence-electron chi connectivity index (χ2n) is 6.32. The van der Waals surface area contributed by atoms with Crippen LogP contribution in [0.4, 0.5) is 0 Å². The highest BCUT2D eigenvalue weighted by molar-refractivity contribution is 7.47. The molecule has 0 bridgehead atoms. The van der Waals surface area contributed by atoms with Gasteiger partial charge >= 0.3 is 7.82 Å². The van der Waals surface area contributed by atoms with Gasteiger partial charge in [-0.15, -0.1) is 0 Å². The van der Waals surface area contributed by atoms with E-state index in [4.69, 9.17) is 19.7 Å². The van der Waals surface area contributed by atoms with Crippen molar-refractivity contribution in [1.29, 1.82) is 0 Å². The first-order valence-corrected chi connectivity index (χ1v) is 10.1. The summed E-state index contributed by atoms with van der Waals surface area (Å²) < 4.78 is 31.0. The van der Waals surface area contributed by atoms with E-state index in [2.05, 4.69) is 14.4 Å². The average Bonchev–Trinajstić information content (AvgIpc) is 2.67. The number of phosphoric ester groups is 1. The Morgan fingerprint density at radius 2 is 1.69 bits per heavy atom. The molecule has 0 saturated carbocycles. The molecule has 0 radical (unpaired) electrons. The van der Waals surface area contributed by atoms with E-state index >= 15 is 0 Å². The van der Waals surface area contributed by atoms with Crippen molar-refractivity contribution in [3.63, 3.8) is 0 Å². The van der Waals surface area contributed by atoms with Gasteiger partial charge in [-0.1, -0.05) is 0 Å². The monoisotopic (exact) mass is 449 g/mol. The van der Waals surface area contributed by atoms with Gasteiger partial charge in [-0.05, 0) is 0 Å². The molecule has 172 valence electrons. The summed E-state index contributed by atoms with van der Waals surface area (Å²) in [5.41, 5.74) is 0. The van der Waals surface area contributed by atoms with E-state index in [0.717, 1.165) is 6.92 Å². The third-order valence-corrected chi connectivity index (χ3v) is 4.73. The molecule has 0 spiro atoms. The fraction of sp³-hybridized carbons (Fsp3) is 0.929. The van der Waals surface area contributed by atoms with Crippen LogP contribution in [0.2, 0.25) is 0 Å². The van der Waals surface area contributed by atoms with Gasteiger partial charge in [0.05, 0.1) is 33.0 Å². The fourth-order valence-electron chi connectivity index (χ4n) is 2.32. The van der Waals surface area contributed by atoms with Gasteiger partial charge in [0.2, 0.25) is 5.91 Å². The van der Waals surface area contributed by atoms with Crippen molar-refractivity contribution in [2.24, 2.45) is 0 Å². The van der Waals surface area contributed by atoms with Gasteiger partial charge < -0.3 is 50.3 Å². The summed E-state index contributed by atoms with van der Waals surface area (Å²) in [6, 6.07) is -1.22. The predicted octanol–water partition coefficient (Wildman–Crippen LogP) is -4.21. The molecule has 0 aromatic rings. The molecule has 1 aliphatic rings. The van der Waals surface area contributed by atoms with Crippen molar-refractivity contribution < 1.29 is 63.4 Å². The van der Waals surface area contributed by atoms with Crippen LogP contribution in [0.15, 0.2) is 0 Å². The maximum Gasteiger partial charge on any atom is 0.472 e. The van der Waals surface area contributed by atoms with Crippen molar-refractivity contribution in [1.82, 2.24) is 5.32 Å². The maximum absolute atomic E-state index is 11.6. The van der Waals surface area contributed by atoms with Crippen LogP contribution in [0.25, 0.3) is 0 Å². The van der Waals surface area contributed by atoms with Crippen LogP contribution in [0.5, 0.6) is 0 Å². The number of aliphatic hydroxyl groups is 6. The highest BCUT2D eigenvalue weighted by Crippen LogP contribution is 2.43. The molecule has 0 aromatic carbocycles. The first kappa shape index (κ1) is 26.3. The summed E-state index contributed by atoms with van der Waals surface area (Å²) in [6.07, 6.45) is -8.47. The third-order valence-electron chi connectivity index (χ3n) is 3.77. The standard InChI is InChI=1S/C14H28NO13P/c1-7(18)15-11-13(22)12(21)10(3-17)28-14(11)25-4-9(20)6-27-29(23,24)26-5-8(19)2-16/h8-14,16-17,19-22H,2-6H2,1H3,(H,15,18)(H,23,24)/t8?,9?,10-,11-,12-,13-,14+/m1/s1. The lowest BCUT2D eigenvalue weighted by atomic mass is 9.97. The van der Waals surface area contributed by atoms with E-state index in [1.807, 2.05) is 0 Å². The lowest BCUT2D eigenvalue weighted by Gasteiger charge is -2.42. The zero-order valence-corrected chi connectivity index (χ0v) is 16.5. The Balaban J connectivity index is 2.57. The van der Waals surface area contributed by atoms with Gasteiger partial charge in [0.25, 0.3) is 0 Å². The smallest absolute Gasteiger partial charge is 0.394 e. The minimum absolute atomic E-state index is 0.541. The first-order chi connectivity index (χ1) is 13.5. The molecule has 14 nitrogen and oxygen atoms in total. The molecule has 0 aromatic heterocycles. The predicted molar refractivity (Wildman–Crippen MR) is 92.1 cm³/mol. The van der Waals surface area contributed by atoms with E-state index in [0.29, 0.717) is 0 Å². The van der Waals surface area contributed by atoms with Gasteiger partial charge in [0, 0.05) is 6.92 Å². The second kappa shape index (κ2) is 12.2. The number of carbonyl (C=O) groups is 1. The fourth-order valence-corrected chi connectivity index (χ4v) is 3.11. The van der Waals surface area contributed by atoms with Gasteiger partial charge in [-0.2, -0.15) is 0 Å². The Kier molecular flexibility index (Phi) is 11.1. The molecule has 29 heavy (non-hydrogen) atoms. The molecule has 1 amide bonds. The van der Waals surface area contributed by atoms with Crippen molar-refractivity contribution in [2.75, 3.05) is 33.0 Å². The average molecular weight is 449 g/mol. The summed E-state index contributed by atoms with van der Waals surface area (Å²) in [4.78, 5) is 20.7. The Hall–Kier alpha value is -0.740. The van der Waals surface area contributed by atoms with Crippen LogP contribution in [0.3, 0.4) is 0 Å². The number of carbonyl (C=O) groups excluding carboxylic acids is 1. The summed E-state index contributed by atoms with van der Waals surface area (Å²) in [5.74, 6) is -0.562.